The summed E-state index contributed by atoms with van der Waals surface area (Å²) in [6, 6.07) is 18.9. The van der Waals surface area contributed by atoms with Crippen LogP contribution in [0.4, 0.5) is 0 Å². The van der Waals surface area contributed by atoms with Gasteiger partial charge in [-0.25, -0.2) is 4.99 Å². The van der Waals surface area contributed by atoms with Crippen molar-refractivity contribution in [2.24, 2.45) is 4.99 Å². The number of carbonyl (C=O) groups is 1. The summed E-state index contributed by atoms with van der Waals surface area (Å²) in [5, 5.41) is 11.2. The van der Waals surface area contributed by atoms with E-state index in [1.54, 1.807) is 7.11 Å². The van der Waals surface area contributed by atoms with Crippen LogP contribution in [-0.2, 0) is 4.79 Å². The highest BCUT2D eigenvalue weighted by molar-refractivity contribution is 6.50. The Kier molecular flexibility index (Phi) is 3.15. The van der Waals surface area contributed by atoms with Gasteiger partial charge in [0.25, 0.3) is 5.91 Å². The Balaban J connectivity index is 1.73. The van der Waals surface area contributed by atoms with Crippen molar-refractivity contribution >= 4 is 28.0 Å². The molecule has 0 atom stereocenters. The second kappa shape index (κ2) is 5.55. The number of amides is 1. The first-order valence-corrected chi connectivity index (χ1v) is 8.38. The van der Waals surface area contributed by atoms with Crippen molar-refractivity contribution in [1.82, 2.24) is 0 Å². The summed E-state index contributed by atoms with van der Waals surface area (Å²) in [6.45, 7) is 0. The molecule has 3 aromatic carbocycles. The van der Waals surface area contributed by atoms with E-state index in [-0.39, 0.29) is 5.57 Å². The Labute approximate surface area is 154 Å². The van der Waals surface area contributed by atoms with E-state index in [1.807, 2.05) is 60.7 Å². The van der Waals surface area contributed by atoms with Gasteiger partial charge in [0, 0.05) is 21.9 Å². The molecule has 0 saturated carbocycles. The molecule has 0 spiro atoms. The van der Waals surface area contributed by atoms with E-state index in [0.717, 1.165) is 21.9 Å². The number of hydrogen-bond donors (Lipinski definition) is 0. The summed E-state index contributed by atoms with van der Waals surface area (Å²) in [5.41, 5.74) is 2.99. The SMILES string of the molecule is COc1ccccc1Oc1ccc2c3c(cccc13)C1=NC(=O)C(C#N)=C12. The molecule has 0 saturated heterocycles. The molecule has 1 heterocycles. The second-order valence-electron chi connectivity index (χ2n) is 6.22. The molecule has 128 valence electrons. The van der Waals surface area contributed by atoms with Crippen molar-refractivity contribution in [2.75, 3.05) is 7.11 Å². The van der Waals surface area contributed by atoms with Crippen molar-refractivity contribution in [2.45, 2.75) is 0 Å². The van der Waals surface area contributed by atoms with Crippen molar-refractivity contribution in [3.05, 3.63) is 71.3 Å². The quantitative estimate of drug-likeness (QED) is 0.706. The molecular formula is C22H12N2O3. The van der Waals surface area contributed by atoms with Gasteiger partial charge in [0.05, 0.1) is 12.8 Å². The third kappa shape index (κ3) is 2.04. The van der Waals surface area contributed by atoms with Crippen LogP contribution in [0.25, 0.3) is 16.3 Å². The topological polar surface area (TPSA) is 71.7 Å². The van der Waals surface area contributed by atoms with Crippen molar-refractivity contribution < 1.29 is 14.3 Å². The number of hydrogen-bond acceptors (Lipinski definition) is 4. The predicted molar refractivity (Wildman–Crippen MR) is 101 cm³/mol. The summed E-state index contributed by atoms with van der Waals surface area (Å²) in [5.74, 6) is 1.45. The summed E-state index contributed by atoms with van der Waals surface area (Å²) >= 11 is 0. The average molecular weight is 352 g/mol. The third-order valence-electron chi connectivity index (χ3n) is 4.84. The standard InChI is InChI=1S/C22H12N2O3/c1-26-17-7-2-3-8-18(17)27-16-10-9-13-19-12(16)5-4-6-14(19)21-20(13)15(11-23)22(25)24-21/h2-10H,1H3. The van der Waals surface area contributed by atoms with Gasteiger partial charge < -0.3 is 9.47 Å². The molecule has 5 heteroatoms. The van der Waals surface area contributed by atoms with E-state index in [2.05, 4.69) is 4.99 Å². The Morgan fingerprint density at radius 1 is 0.926 bits per heavy atom. The van der Waals surface area contributed by atoms with Gasteiger partial charge in [0.2, 0.25) is 0 Å². The number of methoxy groups -OCH3 is 1. The fourth-order valence-electron chi connectivity index (χ4n) is 3.70. The molecule has 27 heavy (non-hydrogen) atoms. The van der Waals surface area contributed by atoms with Crippen molar-refractivity contribution in [1.29, 1.82) is 5.26 Å². The molecule has 2 aliphatic rings. The maximum Gasteiger partial charge on any atom is 0.288 e. The lowest BCUT2D eigenvalue weighted by atomic mass is 10.0. The van der Waals surface area contributed by atoms with E-state index < -0.39 is 5.91 Å². The van der Waals surface area contributed by atoms with Gasteiger partial charge in [-0.15, -0.1) is 0 Å². The monoisotopic (exact) mass is 352 g/mol. The first-order valence-electron chi connectivity index (χ1n) is 8.38. The highest BCUT2D eigenvalue weighted by Gasteiger charge is 2.36. The lowest BCUT2D eigenvalue weighted by molar-refractivity contribution is -0.113. The molecule has 0 bridgehead atoms. The van der Waals surface area contributed by atoms with Crippen LogP contribution in [-0.4, -0.2) is 18.7 Å². The Hall–Kier alpha value is -3.91. The van der Waals surface area contributed by atoms with Crippen LogP contribution in [0.2, 0.25) is 0 Å². The number of para-hydroxylation sites is 2. The number of aliphatic imine (C=N–C) groups is 1. The van der Waals surface area contributed by atoms with Gasteiger partial charge in [-0.1, -0.05) is 30.3 Å². The molecule has 0 unspecified atom stereocenters. The van der Waals surface area contributed by atoms with Gasteiger partial charge in [-0.3, -0.25) is 4.79 Å². The van der Waals surface area contributed by atoms with Gasteiger partial charge in [0.15, 0.2) is 11.5 Å². The Morgan fingerprint density at radius 3 is 2.52 bits per heavy atom. The van der Waals surface area contributed by atoms with E-state index in [9.17, 15) is 10.1 Å². The second-order valence-corrected chi connectivity index (χ2v) is 6.22. The number of carbonyl (C=O) groups excluding carboxylic acids is 1. The van der Waals surface area contributed by atoms with Crippen LogP contribution in [0.3, 0.4) is 0 Å². The molecule has 1 amide bonds. The van der Waals surface area contributed by atoms with Crippen LogP contribution >= 0.6 is 0 Å². The molecule has 5 nitrogen and oxygen atoms in total. The van der Waals surface area contributed by atoms with E-state index in [1.165, 1.54) is 0 Å². The van der Waals surface area contributed by atoms with Crippen LogP contribution in [0, 0.1) is 11.3 Å². The summed E-state index contributed by atoms with van der Waals surface area (Å²) in [4.78, 5) is 16.1. The number of allylic oxidation sites excluding steroid dienone is 1. The first kappa shape index (κ1) is 15.4. The van der Waals surface area contributed by atoms with Crippen LogP contribution in [0.5, 0.6) is 17.2 Å². The highest BCUT2D eigenvalue weighted by Crippen LogP contribution is 2.46. The lowest BCUT2D eigenvalue weighted by Crippen LogP contribution is -1.94. The largest absolute Gasteiger partial charge is 0.493 e. The van der Waals surface area contributed by atoms with Gasteiger partial charge in [-0.05, 0) is 29.8 Å². The van der Waals surface area contributed by atoms with E-state index in [0.29, 0.717) is 28.5 Å². The summed E-state index contributed by atoms with van der Waals surface area (Å²) < 4.78 is 11.5. The zero-order chi connectivity index (χ0) is 18.5. The van der Waals surface area contributed by atoms with E-state index >= 15 is 0 Å². The average Bonchev–Trinajstić information content (AvgIpc) is 3.19. The highest BCUT2D eigenvalue weighted by atomic mass is 16.5. The molecule has 0 radical (unpaired) electrons. The van der Waals surface area contributed by atoms with Gasteiger partial charge >= 0.3 is 0 Å². The minimum atomic E-state index is -0.473. The number of ether oxygens (including phenoxy) is 2. The number of rotatable bonds is 3. The number of fused-ring (bicyclic) bond motifs is 3. The zero-order valence-corrected chi connectivity index (χ0v) is 14.3. The van der Waals surface area contributed by atoms with E-state index in [4.69, 9.17) is 9.47 Å². The predicted octanol–water partition coefficient (Wildman–Crippen LogP) is 4.26. The molecule has 1 aliphatic heterocycles. The molecule has 1 aliphatic carbocycles. The molecule has 0 N–H and O–H groups in total. The molecule has 3 aromatic rings. The first-order chi connectivity index (χ1) is 13.2. The normalized spacial score (nSPS) is 14.2. The zero-order valence-electron chi connectivity index (χ0n) is 14.3. The van der Waals surface area contributed by atoms with Gasteiger partial charge in [-0.2, -0.15) is 5.26 Å². The number of benzene rings is 3. The number of nitrogens with zero attached hydrogens (tertiary/aromatic N) is 2. The van der Waals surface area contributed by atoms with Crippen LogP contribution in [0.15, 0.2) is 65.2 Å². The smallest absolute Gasteiger partial charge is 0.288 e. The van der Waals surface area contributed by atoms with Crippen molar-refractivity contribution in [3.8, 4) is 23.3 Å². The minimum Gasteiger partial charge on any atom is -0.493 e. The lowest BCUT2D eigenvalue weighted by Gasteiger charge is -2.13. The third-order valence-corrected chi connectivity index (χ3v) is 4.84. The maximum atomic E-state index is 12.0. The number of nitriles is 1. The maximum absolute atomic E-state index is 12.0. The molecule has 0 aromatic heterocycles. The molecular weight excluding hydrogens is 340 g/mol. The van der Waals surface area contributed by atoms with Crippen molar-refractivity contribution in [3.63, 3.8) is 0 Å². The molecule has 0 fully saturated rings. The fourth-order valence-corrected chi connectivity index (χ4v) is 3.70. The van der Waals surface area contributed by atoms with Gasteiger partial charge in [0.1, 0.15) is 17.4 Å². The fraction of sp³-hybridized carbons (Fsp3) is 0.0455. The Bertz CT molecular complexity index is 1260. The van der Waals surface area contributed by atoms with Crippen LogP contribution in [0.1, 0.15) is 11.1 Å². The van der Waals surface area contributed by atoms with Crippen LogP contribution < -0.4 is 9.47 Å². The Morgan fingerprint density at radius 2 is 1.74 bits per heavy atom. The summed E-state index contributed by atoms with van der Waals surface area (Å²) in [7, 11) is 1.60. The summed E-state index contributed by atoms with van der Waals surface area (Å²) in [6.07, 6.45) is 0. The molecule has 5 rings (SSSR count). The minimum absolute atomic E-state index is 0.0981.